The molecule has 2 N–H and O–H groups in total. The van der Waals surface area contributed by atoms with Gasteiger partial charge >= 0.3 is 0 Å². The minimum atomic E-state index is 0.178. The second kappa shape index (κ2) is 6.10. The van der Waals surface area contributed by atoms with Crippen molar-refractivity contribution in [3.8, 4) is 11.5 Å². The van der Waals surface area contributed by atoms with Gasteiger partial charge in [0.2, 0.25) is 0 Å². The Kier molecular flexibility index (Phi) is 4.19. The lowest BCUT2D eigenvalue weighted by atomic mass is 9.95. The molecule has 4 nitrogen and oxygen atoms in total. The van der Waals surface area contributed by atoms with Crippen LogP contribution in [0.15, 0.2) is 18.2 Å². The summed E-state index contributed by atoms with van der Waals surface area (Å²) in [7, 11) is 0. The highest BCUT2D eigenvalue weighted by atomic mass is 32.1. The van der Waals surface area contributed by atoms with Crippen LogP contribution in [0.2, 0.25) is 0 Å². The Bertz CT molecular complexity index is 527. The lowest BCUT2D eigenvalue weighted by Crippen LogP contribution is -2.47. The van der Waals surface area contributed by atoms with Crippen molar-refractivity contribution in [2.24, 2.45) is 0 Å². The zero-order chi connectivity index (χ0) is 14.7. The van der Waals surface area contributed by atoms with Gasteiger partial charge in [0, 0.05) is 17.3 Å². The van der Waals surface area contributed by atoms with Crippen LogP contribution >= 0.6 is 12.2 Å². The molecule has 0 bridgehead atoms. The number of hydrogen-bond acceptors (Lipinski definition) is 3. The highest BCUT2D eigenvalue weighted by Crippen LogP contribution is 2.34. The molecule has 1 aromatic rings. The van der Waals surface area contributed by atoms with E-state index in [1.165, 1.54) is 25.7 Å². The summed E-state index contributed by atoms with van der Waals surface area (Å²) in [5, 5.41) is 7.47. The zero-order valence-electron chi connectivity index (χ0n) is 12.4. The molecule has 1 aliphatic carbocycles. The molecule has 1 fully saturated rings. The average molecular weight is 306 g/mol. The van der Waals surface area contributed by atoms with Gasteiger partial charge in [0.05, 0.1) is 0 Å². The number of thiocarbonyl (C=S) groups is 1. The van der Waals surface area contributed by atoms with Gasteiger partial charge in [0.15, 0.2) is 16.6 Å². The van der Waals surface area contributed by atoms with Gasteiger partial charge in [-0.3, -0.25) is 0 Å². The lowest BCUT2D eigenvalue weighted by Gasteiger charge is -2.30. The van der Waals surface area contributed by atoms with Crippen molar-refractivity contribution in [2.45, 2.75) is 44.6 Å². The van der Waals surface area contributed by atoms with Crippen LogP contribution in [0.1, 0.15) is 39.0 Å². The van der Waals surface area contributed by atoms with E-state index >= 15 is 0 Å². The highest BCUT2D eigenvalue weighted by Gasteiger charge is 2.32. The molecule has 114 valence electrons. The Morgan fingerprint density at radius 1 is 1.19 bits per heavy atom. The molecule has 3 rings (SSSR count). The molecule has 0 unspecified atom stereocenters. The minimum Gasteiger partial charge on any atom is -0.486 e. The summed E-state index contributed by atoms with van der Waals surface area (Å²) in [5.41, 5.74) is 1.11. The Balaban J connectivity index is 1.64. The second-order valence-electron chi connectivity index (χ2n) is 5.78. The molecule has 21 heavy (non-hydrogen) atoms. The predicted octanol–water partition coefficient (Wildman–Crippen LogP) is 3.47. The quantitative estimate of drug-likeness (QED) is 0.837. The molecule has 1 aromatic carbocycles. The van der Waals surface area contributed by atoms with Crippen molar-refractivity contribution in [1.82, 2.24) is 5.32 Å². The molecular formula is C16H22N2O2S. The van der Waals surface area contributed by atoms with Crippen LogP contribution in [0.4, 0.5) is 5.69 Å². The third kappa shape index (κ3) is 3.23. The molecule has 0 saturated heterocycles. The third-order valence-electron chi connectivity index (χ3n) is 4.42. The fourth-order valence-electron chi connectivity index (χ4n) is 3.14. The van der Waals surface area contributed by atoms with Crippen molar-refractivity contribution < 1.29 is 9.47 Å². The molecule has 1 aliphatic heterocycles. The predicted molar refractivity (Wildman–Crippen MR) is 88.3 cm³/mol. The maximum atomic E-state index is 5.59. The Morgan fingerprint density at radius 2 is 1.90 bits per heavy atom. The smallest absolute Gasteiger partial charge is 0.171 e. The van der Waals surface area contributed by atoms with E-state index in [2.05, 4.69) is 17.6 Å². The summed E-state index contributed by atoms with van der Waals surface area (Å²) in [5.74, 6) is 1.58. The highest BCUT2D eigenvalue weighted by molar-refractivity contribution is 7.80. The number of anilines is 1. The number of ether oxygens (including phenoxy) is 2. The summed E-state index contributed by atoms with van der Waals surface area (Å²) >= 11 is 5.47. The van der Waals surface area contributed by atoms with Gasteiger partial charge < -0.3 is 20.1 Å². The summed E-state index contributed by atoms with van der Waals surface area (Å²) < 4.78 is 11.1. The number of nitrogens with one attached hydrogen (secondary N) is 2. The van der Waals surface area contributed by atoms with E-state index in [0.29, 0.717) is 18.3 Å². The van der Waals surface area contributed by atoms with E-state index in [4.69, 9.17) is 21.7 Å². The molecule has 2 aliphatic rings. The first-order valence-electron chi connectivity index (χ1n) is 7.70. The van der Waals surface area contributed by atoms with Crippen molar-refractivity contribution in [1.29, 1.82) is 0 Å². The molecule has 0 radical (unpaired) electrons. The average Bonchev–Trinajstić information content (AvgIpc) is 2.96. The van der Waals surface area contributed by atoms with Crippen LogP contribution in [0, 0.1) is 0 Å². The number of fused-ring (bicyclic) bond motifs is 1. The van der Waals surface area contributed by atoms with Crippen molar-refractivity contribution in [2.75, 3.05) is 18.5 Å². The second-order valence-corrected chi connectivity index (χ2v) is 6.19. The molecule has 1 saturated carbocycles. The fraction of sp³-hybridized carbons (Fsp3) is 0.562. The van der Waals surface area contributed by atoms with Crippen LogP contribution in [0.3, 0.4) is 0 Å². The summed E-state index contributed by atoms with van der Waals surface area (Å²) in [4.78, 5) is 0. The van der Waals surface area contributed by atoms with Crippen molar-refractivity contribution in [3.63, 3.8) is 0 Å². The van der Waals surface area contributed by atoms with Gasteiger partial charge in [-0.2, -0.15) is 0 Å². The van der Waals surface area contributed by atoms with Crippen LogP contribution in [0.5, 0.6) is 11.5 Å². The van der Waals surface area contributed by atoms with E-state index in [1.807, 2.05) is 18.2 Å². The summed E-state index contributed by atoms with van der Waals surface area (Å²) in [6.45, 7) is 3.43. The molecule has 0 spiro atoms. The van der Waals surface area contributed by atoms with Gasteiger partial charge in [-0.1, -0.05) is 19.8 Å². The topological polar surface area (TPSA) is 42.5 Å². The summed E-state index contributed by atoms with van der Waals surface area (Å²) in [6.07, 6.45) is 6.08. The van der Waals surface area contributed by atoms with E-state index in [0.717, 1.165) is 23.6 Å². The molecule has 0 aromatic heterocycles. The first-order chi connectivity index (χ1) is 10.2. The van der Waals surface area contributed by atoms with Crippen LogP contribution in [0.25, 0.3) is 0 Å². The molecule has 5 heteroatoms. The van der Waals surface area contributed by atoms with Crippen LogP contribution in [-0.4, -0.2) is 23.9 Å². The molecule has 0 amide bonds. The SMILES string of the molecule is CCC1(NC(=S)Nc2ccc3c(c2)OCCO3)CCCC1. The third-order valence-corrected chi connectivity index (χ3v) is 4.62. The van der Waals surface area contributed by atoms with E-state index in [9.17, 15) is 0 Å². The van der Waals surface area contributed by atoms with Gasteiger partial charge in [0.25, 0.3) is 0 Å². The molecule has 0 atom stereocenters. The number of rotatable bonds is 3. The van der Waals surface area contributed by atoms with E-state index < -0.39 is 0 Å². The fourth-order valence-corrected chi connectivity index (χ4v) is 3.48. The van der Waals surface area contributed by atoms with Crippen LogP contribution in [-0.2, 0) is 0 Å². The Morgan fingerprint density at radius 3 is 2.62 bits per heavy atom. The van der Waals surface area contributed by atoms with Crippen molar-refractivity contribution >= 4 is 23.0 Å². The van der Waals surface area contributed by atoms with E-state index in [1.54, 1.807) is 0 Å². The van der Waals surface area contributed by atoms with Gasteiger partial charge in [-0.15, -0.1) is 0 Å². The number of benzene rings is 1. The standard InChI is InChI=1S/C16H22N2O2S/c1-2-16(7-3-4-8-16)18-15(21)17-12-5-6-13-14(11-12)20-10-9-19-13/h5-6,11H,2-4,7-10H2,1H3,(H2,17,18,21). The molecular weight excluding hydrogens is 284 g/mol. The maximum absolute atomic E-state index is 5.59. The first-order valence-corrected chi connectivity index (χ1v) is 8.10. The first kappa shape index (κ1) is 14.4. The Hall–Kier alpha value is -1.49. The molecule has 1 heterocycles. The van der Waals surface area contributed by atoms with Gasteiger partial charge in [0.1, 0.15) is 13.2 Å². The van der Waals surface area contributed by atoms with Gasteiger partial charge in [-0.05, 0) is 43.6 Å². The van der Waals surface area contributed by atoms with Crippen LogP contribution < -0.4 is 20.1 Å². The summed E-state index contributed by atoms with van der Waals surface area (Å²) in [6, 6.07) is 5.83. The number of hydrogen-bond donors (Lipinski definition) is 2. The maximum Gasteiger partial charge on any atom is 0.171 e. The lowest BCUT2D eigenvalue weighted by molar-refractivity contribution is 0.171. The van der Waals surface area contributed by atoms with E-state index in [-0.39, 0.29) is 5.54 Å². The monoisotopic (exact) mass is 306 g/mol. The van der Waals surface area contributed by atoms with Crippen molar-refractivity contribution in [3.05, 3.63) is 18.2 Å². The zero-order valence-corrected chi connectivity index (χ0v) is 13.2. The minimum absolute atomic E-state index is 0.178. The normalized spacial score (nSPS) is 19.1. The van der Waals surface area contributed by atoms with Gasteiger partial charge in [-0.25, -0.2) is 0 Å². The largest absolute Gasteiger partial charge is 0.486 e. The Labute approximate surface area is 131 Å².